The van der Waals surface area contributed by atoms with Crippen molar-refractivity contribution in [3.05, 3.63) is 35.5 Å². The minimum atomic E-state index is 0.171. The maximum Gasteiger partial charge on any atom is 0.253 e. The minimum absolute atomic E-state index is 0.171. The lowest BCUT2D eigenvalue weighted by Gasteiger charge is -2.37. The molecule has 0 aromatic rings. The number of allylic oxidation sites excluding steroid dienone is 4. The fourth-order valence-corrected chi connectivity index (χ4v) is 3.23. The SMILES string of the molecule is CC1=CCC=C(C(=O)N(C)C2CCN(CCC(C)C)CC2)C=C1. The van der Waals surface area contributed by atoms with Gasteiger partial charge in [0, 0.05) is 31.8 Å². The summed E-state index contributed by atoms with van der Waals surface area (Å²) in [4.78, 5) is 17.2. The van der Waals surface area contributed by atoms with Crippen LogP contribution in [-0.4, -0.2) is 48.4 Å². The normalized spacial score (nSPS) is 20.2. The van der Waals surface area contributed by atoms with Gasteiger partial charge in [-0.2, -0.15) is 0 Å². The molecule has 0 N–H and O–H groups in total. The van der Waals surface area contributed by atoms with Crippen LogP contribution in [0.5, 0.6) is 0 Å². The van der Waals surface area contributed by atoms with Crippen LogP contribution < -0.4 is 0 Å². The van der Waals surface area contributed by atoms with E-state index in [1.165, 1.54) is 18.5 Å². The van der Waals surface area contributed by atoms with Gasteiger partial charge in [0.1, 0.15) is 0 Å². The van der Waals surface area contributed by atoms with Crippen molar-refractivity contribution in [3.8, 4) is 0 Å². The summed E-state index contributed by atoms with van der Waals surface area (Å²) < 4.78 is 0. The van der Waals surface area contributed by atoms with Crippen molar-refractivity contribution in [2.45, 2.75) is 52.5 Å². The Morgan fingerprint density at radius 3 is 2.61 bits per heavy atom. The zero-order chi connectivity index (χ0) is 16.8. The van der Waals surface area contributed by atoms with Crippen LogP contribution in [-0.2, 0) is 4.79 Å². The van der Waals surface area contributed by atoms with Gasteiger partial charge in [0.25, 0.3) is 5.91 Å². The Balaban J connectivity index is 1.85. The molecular weight excluding hydrogens is 284 g/mol. The van der Waals surface area contributed by atoms with Gasteiger partial charge < -0.3 is 9.80 Å². The van der Waals surface area contributed by atoms with E-state index in [4.69, 9.17) is 0 Å². The summed E-state index contributed by atoms with van der Waals surface area (Å²) in [6.45, 7) is 10.1. The molecule has 3 nitrogen and oxygen atoms in total. The number of likely N-dealkylation sites (tertiary alicyclic amines) is 1. The van der Waals surface area contributed by atoms with Gasteiger partial charge in [-0.3, -0.25) is 4.79 Å². The number of amides is 1. The monoisotopic (exact) mass is 316 g/mol. The van der Waals surface area contributed by atoms with E-state index in [0.717, 1.165) is 43.8 Å². The van der Waals surface area contributed by atoms with E-state index in [2.05, 4.69) is 31.7 Å². The molecule has 0 saturated carbocycles. The molecule has 2 rings (SSSR count). The molecule has 1 aliphatic carbocycles. The lowest BCUT2D eigenvalue weighted by atomic mass is 10.0. The average molecular weight is 316 g/mol. The Morgan fingerprint density at radius 1 is 1.26 bits per heavy atom. The second kappa shape index (κ2) is 8.49. The van der Waals surface area contributed by atoms with E-state index in [9.17, 15) is 4.79 Å². The molecular formula is C20H32N2O. The first-order valence-electron chi connectivity index (χ1n) is 9.02. The molecule has 0 bridgehead atoms. The molecule has 1 heterocycles. The number of piperidine rings is 1. The molecule has 1 saturated heterocycles. The zero-order valence-electron chi connectivity index (χ0n) is 15.2. The summed E-state index contributed by atoms with van der Waals surface area (Å²) in [6.07, 6.45) is 12.5. The highest BCUT2D eigenvalue weighted by Gasteiger charge is 2.26. The van der Waals surface area contributed by atoms with Crippen LogP contribution in [0.25, 0.3) is 0 Å². The van der Waals surface area contributed by atoms with E-state index in [1.807, 2.05) is 30.2 Å². The fraction of sp³-hybridized carbons (Fsp3) is 0.650. The number of hydrogen-bond donors (Lipinski definition) is 0. The third-order valence-corrected chi connectivity index (χ3v) is 5.00. The number of nitrogens with zero attached hydrogens (tertiary/aromatic N) is 2. The summed E-state index contributed by atoms with van der Waals surface area (Å²) in [5.74, 6) is 0.938. The first kappa shape index (κ1) is 18.0. The number of hydrogen-bond acceptors (Lipinski definition) is 2. The quantitative estimate of drug-likeness (QED) is 0.770. The maximum atomic E-state index is 12.7. The highest BCUT2D eigenvalue weighted by molar-refractivity contribution is 5.96. The topological polar surface area (TPSA) is 23.6 Å². The average Bonchev–Trinajstić information content (AvgIpc) is 2.76. The first-order valence-corrected chi connectivity index (χ1v) is 9.02. The van der Waals surface area contributed by atoms with E-state index < -0.39 is 0 Å². The summed E-state index contributed by atoms with van der Waals surface area (Å²) in [7, 11) is 1.97. The summed E-state index contributed by atoms with van der Waals surface area (Å²) in [5, 5.41) is 0. The van der Waals surface area contributed by atoms with Crippen molar-refractivity contribution >= 4 is 5.91 Å². The Hall–Kier alpha value is -1.35. The predicted molar refractivity (Wildman–Crippen MR) is 97.3 cm³/mol. The van der Waals surface area contributed by atoms with E-state index >= 15 is 0 Å². The van der Waals surface area contributed by atoms with Gasteiger partial charge in [0.15, 0.2) is 0 Å². The van der Waals surface area contributed by atoms with Crippen LogP contribution in [0, 0.1) is 5.92 Å². The molecule has 1 fully saturated rings. The molecule has 3 heteroatoms. The second-order valence-corrected chi connectivity index (χ2v) is 7.35. The van der Waals surface area contributed by atoms with E-state index in [-0.39, 0.29) is 5.91 Å². The van der Waals surface area contributed by atoms with Gasteiger partial charge in [-0.1, -0.05) is 37.6 Å². The fourth-order valence-electron chi connectivity index (χ4n) is 3.23. The predicted octanol–water partition coefficient (Wildman–Crippen LogP) is 3.79. The second-order valence-electron chi connectivity index (χ2n) is 7.35. The zero-order valence-corrected chi connectivity index (χ0v) is 15.2. The molecule has 2 aliphatic rings. The molecule has 0 radical (unpaired) electrons. The molecule has 128 valence electrons. The van der Waals surface area contributed by atoms with Gasteiger partial charge in [0.2, 0.25) is 0 Å². The van der Waals surface area contributed by atoms with Crippen molar-refractivity contribution in [3.63, 3.8) is 0 Å². The number of rotatable bonds is 5. The van der Waals surface area contributed by atoms with Gasteiger partial charge in [-0.15, -0.1) is 0 Å². The van der Waals surface area contributed by atoms with Crippen LogP contribution in [0.4, 0.5) is 0 Å². The van der Waals surface area contributed by atoms with Crippen molar-refractivity contribution in [2.75, 3.05) is 26.7 Å². The van der Waals surface area contributed by atoms with E-state index in [1.54, 1.807) is 0 Å². The summed E-state index contributed by atoms with van der Waals surface area (Å²) in [5.41, 5.74) is 2.06. The molecule has 0 aromatic carbocycles. The van der Waals surface area contributed by atoms with Gasteiger partial charge in [0.05, 0.1) is 0 Å². The van der Waals surface area contributed by atoms with Crippen molar-refractivity contribution in [2.24, 2.45) is 5.92 Å². The Labute approximate surface area is 141 Å². The van der Waals surface area contributed by atoms with Gasteiger partial charge in [-0.25, -0.2) is 0 Å². The Bertz CT molecular complexity index is 494. The molecule has 0 spiro atoms. The highest BCUT2D eigenvalue weighted by atomic mass is 16.2. The first-order chi connectivity index (χ1) is 11.0. The largest absolute Gasteiger partial charge is 0.339 e. The smallest absolute Gasteiger partial charge is 0.253 e. The standard InChI is InChI=1S/C20H32N2O/c1-16(2)10-13-22-14-11-19(12-15-22)21(4)20(23)18-7-5-6-17(3)8-9-18/h6-9,16,19H,5,10-15H2,1-4H3. The van der Waals surface area contributed by atoms with Gasteiger partial charge >= 0.3 is 0 Å². The van der Waals surface area contributed by atoms with Crippen LogP contribution in [0.2, 0.25) is 0 Å². The summed E-state index contributed by atoms with van der Waals surface area (Å²) in [6, 6.07) is 0.379. The third kappa shape index (κ3) is 5.35. The van der Waals surface area contributed by atoms with Gasteiger partial charge in [-0.05, 0) is 51.1 Å². The molecule has 1 amide bonds. The lowest BCUT2D eigenvalue weighted by molar-refractivity contribution is -0.128. The number of carbonyl (C=O) groups is 1. The molecule has 0 unspecified atom stereocenters. The third-order valence-electron chi connectivity index (χ3n) is 5.00. The van der Waals surface area contributed by atoms with Crippen LogP contribution in [0.1, 0.15) is 46.5 Å². The van der Waals surface area contributed by atoms with Crippen molar-refractivity contribution in [1.29, 1.82) is 0 Å². The Morgan fingerprint density at radius 2 is 1.96 bits per heavy atom. The number of carbonyl (C=O) groups excluding carboxylic acids is 1. The summed E-state index contributed by atoms with van der Waals surface area (Å²) >= 11 is 0. The minimum Gasteiger partial charge on any atom is -0.339 e. The maximum absolute atomic E-state index is 12.7. The van der Waals surface area contributed by atoms with Crippen LogP contribution in [0.3, 0.4) is 0 Å². The van der Waals surface area contributed by atoms with Crippen LogP contribution >= 0.6 is 0 Å². The Kier molecular flexibility index (Phi) is 6.64. The molecule has 1 aliphatic heterocycles. The van der Waals surface area contributed by atoms with Crippen LogP contribution in [0.15, 0.2) is 35.5 Å². The van der Waals surface area contributed by atoms with E-state index in [0.29, 0.717) is 6.04 Å². The number of likely N-dealkylation sites (N-methyl/N-ethyl adjacent to an activating group) is 1. The molecule has 0 atom stereocenters. The molecule has 0 aromatic heterocycles. The lowest BCUT2D eigenvalue weighted by Crippen LogP contribution is -2.46. The van der Waals surface area contributed by atoms with Crippen molar-refractivity contribution < 1.29 is 4.79 Å². The highest BCUT2D eigenvalue weighted by Crippen LogP contribution is 2.20. The molecule has 23 heavy (non-hydrogen) atoms. The van der Waals surface area contributed by atoms with Crippen molar-refractivity contribution in [1.82, 2.24) is 9.80 Å².